The van der Waals surface area contributed by atoms with Gasteiger partial charge in [0.25, 0.3) is 0 Å². The molecule has 0 radical (unpaired) electrons. The van der Waals surface area contributed by atoms with Gasteiger partial charge < -0.3 is 9.73 Å². The van der Waals surface area contributed by atoms with E-state index in [-0.39, 0.29) is 6.04 Å². The predicted molar refractivity (Wildman–Crippen MR) is 70.4 cm³/mol. The van der Waals surface area contributed by atoms with Crippen LogP contribution >= 0.6 is 11.6 Å². The molecule has 0 aliphatic rings. The van der Waals surface area contributed by atoms with Crippen molar-refractivity contribution < 1.29 is 4.42 Å². The first-order valence-electron chi connectivity index (χ1n) is 5.73. The van der Waals surface area contributed by atoms with Crippen LogP contribution in [0.25, 0.3) is 0 Å². The van der Waals surface area contributed by atoms with Crippen molar-refractivity contribution in [1.29, 1.82) is 0 Å². The van der Waals surface area contributed by atoms with Gasteiger partial charge >= 0.3 is 0 Å². The van der Waals surface area contributed by atoms with Crippen molar-refractivity contribution in [2.24, 2.45) is 0 Å². The highest BCUT2D eigenvalue weighted by Gasteiger charge is 2.14. The minimum atomic E-state index is 0.135. The van der Waals surface area contributed by atoms with Crippen LogP contribution in [0.2, 0.25) is 5.02 Å². The van der Waals surface area contributed by atoms with Crippen molar-refractivity contribution in [3.05, 3.63) is 58.5 Å². The Balaban J connectivity index is 2.38. The second-order valence-corrected chi connectivity index (χ2v) is 4.55. The molecule has 0 aliphatic heterocycles. The lowest BCUT2D eigenvalue weighted by atomic mass is 9.99. The van der Waals surface area contributed by atoms with Crippen LogP contribution in [0.15, 0.2) is 41.2 Å². The molecule has 0 spiro atoms. The Morgan fingerprint density at radius 2 is 2.12 bits per heavy atom. The quantitative estimate of drug-likeness (QED) is 0.888. The fourth-order valence-corrected chi connectivity index (χ4v) is 2.30. The van der Waals surface area contributed by atoms with Crippen LogP contribution in [0.5, 0.6) is 0 Å². The maximum Gasteiger partial charge on any atom is 0.0953 e. The van der Waals surface area contributed by atoms with Crippen molar-refractivity contribution in [2.75, 3.05) is 6.54 Å². The zero-order valence-electron chi connectivity index (χ0n) is 10.0. The lowest BCUT2D eigenvalue weighted by molar-refractivity contribution is 0.553. The topological polar surface area (TPSA) is 25.2 Å². The summed E-state index contributed by atoms with van der Waals surface area (Å²) in [7, 11) is 0. The Labute approximate surface area is 107 Å². The van der Waals surface area contributed by atoms with Gasteiger partial charge in [0.15, 0.2) is 0 Å². The molecule has 1 N–H and O–H groups in total. The molecule has 1 aromatic heterocycles. The Hall–Kier alpha value is -1.25. The van der Waals surface area contributed by atoms with E-state index in [1.165, 1.54) is 11.1 Å². The number of nitrogens with one attached hydrogen (secondary N) is 1. The van der Waals surface area contributed by atoms with Gasteiger partial charge in [-0.25, -0.2) is 0 Å². The third-order valence-corrected chi connectivity index (χ3v) is 2.90. The van der Waals surface area contributed by atoms with Crippen LogP contribution in [0, 0.1) is 6.92 Å². The first-order chi connectivity index (χ1) is 8.20. The van der Waals surface area contributed by atoms with Crippen LogP contribution in [0.3, 0.4) is 0 Å². The van der Waals surface area contributed by atoms with E-state index in [0.29, 0.717) is 0 Å². The fourth-order valence-electron chi connectivity index (χ4n) is 2.00. The monoisotopic (exact) mass is 249 g/mol. The molecule has 0 aliphatic carbocycles. The van der Waals surface area contributed by atoms with E-state index in [1.54, 1.807) is 12.5 Å². The van der Waals surface area contributed by atoms with Gasteiger partial charge in [0.1, 0.15) is 0 Å². The summed E-state index contributed by atoms with van der Waals surface area (Å²) < 4.78 is 5.15. The van der Waals surface area contributed by atoms with Gasteiger partial charge in [-0.15, -0.1) is 0 Å². The van der Waals surface area contributed by atoms with Gasteiger partial charge in [-0.1, -0.05) is 24.6 Å². The fraction of sp³-hybridized carbons (Fsp3) is 0.286. The molecule has 17 heavy (non-hydrogen) atoms. The minimum Gasteiger partial charge on any atom is -0.472 e. The lowest BCUT2D eigenvalue weighted by Gasteiger charge is -2.17. The van der Waals surface area contributed by atoms with Crippen molar-refractivity contribution in [3.8, 4) is 0 Å². The maximum atomic E-state index is 6.10. The van der Waals surface area contributed by atoms with E-state index in [4.69, 9.17) is 16.0 Å². The molecular weight excluding hydrogens is 234 g/mol. The van der Waals surface area contributed by atoms with Crippen LogP contribution in [-0.2, 0) is 0 Å². The number of rotatable bonds is 4. The van der Waals surface area contributed by atoms with E-state index in [2.05, 4.69) is 18.3 Å². The van der Waals surface area contributed by atoms with E-state index in [9.17, 15) is 0 Å². The summed E-state index contributed by atoms with van der Waals surface area (Å²) in [5.41, 5.74) is 3.45. The van der Waals surface area contributed by atoms with Crippen LogP contribution < -0.4 is 5.32 Å². The second kappa shape index (κ2) is 5.39. The van der Waals surface area contributed by atoms with Gasteiger partial charge in [0, 0.05) is 10.6 Å². The normalized spacial score (nSPS) is 12.6. The molecule has 2 rings (SSSR count). The molecule has 1 heterocycles. The van der Waals surface area contributed by atoms with Crippen molar-refractivity contribution >= 4 is 11.6 Å². The Morgan fingerprint density at radius 3 is 2.71 bits per heavy atom. The molecule has 0 saturated heterocycles. The average molecular weight is 250 g/mol. The number of aryl methyl sites for hydroxylation is 1. The summed E-state index contributed by atoms with van der Waals surface area (Å²) in [6.45, 7) is 5.03. The third kappa shape index (κ3) is 2.90. The molecule has 1 atom stereocenters. The molecule has 2 nitrogen and oxygen atoms in total. The number of hydrogen-bond donors (Lipinski definition) is 1. The molecule has 0 saturated carbocycles. The first kappa shape index (κ1) is 12.2. The molecule has 1 unspecified atom stereocenters. The number of hydrogen-bond acceptors (Lipinski definition) is 2. The third-order valence-electron chi connectivity index (χ3n) is 2.68. The van der Waals surface area contributed by atoms with Gasteiger partial charge in [0.05, 0.1) is 18.6 Å². The lowest BCUT2D eigenvalue weighted by Crippen LogP contribution is -2.21. The molecule has 2 aromatic rings. The van der Waals surface area contributed by atoms with Gasteiger partial charge in [0.2, 0.25) is 0 Å². The highest BCUT2D eigenvalue weighted by atomic mass is 35.5. The highest BCUT2D eigenvalue weighted by molar-refractivity contribution is 6.30. The number of furan rings is 1. The SMILES string of the molecule is CCNC(c1ccoc1)c1cc(C)cc(Cl)c1. The largest absolute Gasteiger partial charge is 0.472 e. The highest BCUT2D eigenvalue weighted by Crippen LogP contribution is 2.26. The molecule has 90 valence electrons. The van der Waals surface area contributed by atoms with E-state index < -0.39 is 0 Å². The van der Waals surface area contributed by atoms with E-state index in [0.717, 1.165) is 17.1 Å². The summed E-state index contributed by atoms with van der Waals surface area (Å²) in [4.78, 5) is 0. The molecule has 0 fully saturated rings. The zero-order valence-corrected chi connectivity index (χ0v) is 10.8. The summed E-state index contributed by atoms with van der Waals surface area (Å²) in [5, 5.41) is 4.21. The summed E-state index contributed by atoms with van der Waals surface area (Å²) in [6.07, 6.45) is 3.46. The summed E-state index contributed by atoms with van der Waals surface area (Å²) >= 11 is 6.10. The smallest absolute Gasteiger partial charge is 0.0953 e. The molecule has 0 bridgehead atoms. The first-order valence-corrected chi connectivity index (χ1v) is 6.11. The Morgan fingerprint density at radius 1 is 1.29 bits per heavy atom. The standard InChI is InChI=1S/C14H16ClNO/c1-3-16-14(11-4-5-17-9-11)12-6-10(2)7-13(15)8-12/h4-9,14,16H,3H2,1-2H3. The molecular formula is C14H16ClNO. The Kier molecular flexibility index (Phi) is 3.87. The number of benzene rings is 1. The Bertz CT molecular complexity index is 459. The van der Waals surface area contributed by atoms with Crippen molar-refractivity contribution in [2.45, 2.75) is 19.9 Å². The second-order valence-electron chi connectivity index (χ2n) is 4.11. The predicted octanol–water partition coefficient (Wildman–Crippen LogP) is 3.94. The van der Waals surface area contributed by atoms with Gasteiger partial charge in [-0.05, 0) is 42.8 Å². The zero-order chi connectivity index (χ0) is 12.3. The van der Waals surface area contributed by atoms with Crippen molar-refractivity contribution in [3.63, 3.8) is 0 Å². The summed E-state index contributed by atoms with van der Waals surface area (Å²) in [6, 6.07) is 8.21. The molecule has 3 heteroatoms. The molecule has 1 aromatic carbocycles. The van der Waals surface area contributed by atoms with Gasteiger partial charge in [-0.2, -0.15) is 0 Å². The minimum absolute atomic E-state index is 0.135. The number of halogens is 1. The van der Waals surface area contributed by atoms with Gasteiger partial charge in [-0.3, -0.25) is 0 Å². The summed E-state index contributed by atoms with van der Waals surface area (Å²) in [5.74, 6) is 0. The van der Waals surface area contributed by atoms with E-state index in [1.807, 2.05) is 25.1 Å². The van der Waals surface area contributed by atoms with Crippen LogP contribution in [0.1, 0.15) is 29.7 Å². The van der Waals surface area contributed by atoms with Crippen molar-refractivity contribution in [1.82, 2.24) is 5.32 Å². The van der Waals surface area contributed by atoms with Crippen LogP contribution in [-0.4, -0.2) is 6.54 Å². The van der Waals surface area contributed by atoms with E-state index >= 15 is 0 Å². The maximum absolute atomic E-state index is 6.10. The van der Waals surface area contributed by atoms with Crippen LogP contribution in [0.4, 0.5) is 0 Å². The average Bonchev–Trinajstić information content (AvgIpc) is 2.77. The molecule has 0 amide bonds.